The number of aliphatic hydroxyl groups is 1. The minimum atomic E-state index is -0.842. The number of aryl methyl sites for hydroxylation is 1. The molecule has 16 heavy (non-hydrogen) atoms. The lowest BCUT2D eigenvalue weighted by atomic mass is 9.92. The van der Waals surface area contributed by atoms with Crippen LogP contribution in [0.4, 0.5) is 0 Å². The molecule has 1 aromatic heterocycles. The van der Waals surface area contributed by atoms with Gasteiger partial charge >= 0.3 is 0 Å². The normalized spacial score (nSPS) is 14.7. The molecule has 2 rings (SSSR count). The molecule has 0 aliphatic rings. The molecule has 1 N–H and O–H groups in total. The lowest BCUT2D eigenvalue weighted by Gasteiger charge is -2.22. The molecule has 0 saturated carbocycles. The first-order valence-electron chi connectivity index (χ1n) is 5.26. The van der Waals surface area contributed by atoms with Gasteiger partial charge < -0.3 is 5.11 Å². The predicted octanol–water partition coefficient (Wildman–Crippen LogP) is 2.90. The molecule has 1 heterocycles. The first-order valence-corrected chi connectivity index (χ1v) is 6.14. The molecule has 84 valence electrons. The fourth-order valence-electron chi connectivity index (χ4n) is 1.65. The minimum Gasteiger partial charge on any atom is -0.385 e. The summed E-state index contributed by atoms with van der Waals surface area (Å²) in [6.07, 6.45) is 2.33. The summed E-state index contributed by atoms with van der Waals surface area (Å²) in [6, 6.07) is 7.99. The van der Waals surface area contributed by atoms with Crippen LogP contribution in [0.15, 0.2) is 35.8 Å². The Morgan fingerprint density at radius 1 is 1.31 bits per heavy atom. The summed E-state index contributed by atoms with van der Waals surface area (Å²) >= 11 is 1.58. The van der Waals surface area contributed by atoms with E-state index in [-0.39, 0.29) is 0 Å². The van der Waals surface area contributed by atoms with Crippen molar-refractivity contribution < 1.29 is 5.11 Å². The van der Waals surface area contributed by atoms with E-state index in [1.165, 1.54) is 5.56 Å². The van der Waals surface area contributed by atoms with E-state index in [9.17, 15) is 5.11 Å². The molecule has 0 fully saturated rings. The molecule has 0 amide bonds. The maximum Gasteiger partial charge on any atom is 0.0956 e. The maximum atomic E-state index is 10.4. The Balaban J connectivity index is 2.21. The molecule has 0 bridgehead atoms. The van der Waals surface area contributed by atoms with Crippen molar-refractivity contribution in [3.8, 4) is 0 Å². The van der Waals surface area contributed by atoms with Gasteiger partial charge in [-0.1, -0.05) is 29.8 Å². The summed E-state index contributed by atoms with van der Waals surface area (Å²) in [4.78, 5) is 4.20. The number of rotatable bonds is 3. The molecule has 0 saturated heterocycles. The van der Waals surface area contributed by atoms with E-state index >= 15 is 0 Å². The van der Waals surface area contributed by atoms with Crippen molar-refractivity contribution in [3.63, 3.8) is 0 Å². The topological polar surface area (TPSA) is 33.1 Å². The van der Waals surface area contributed by atoms with Crippen molar-refractivity contribution in [2.75, 3.05) is 0 Å². The van der Waals surface area contributed by atoms with Crippen molar-refractivity contribution in [1.82, 2.24) is 4.98 Å². The van der Waals surface area contributed by atoms with Gasteiger partial charge in [-0.3, -0.25) is 0 Å². The summed E-state index contributed by atoms with van der Waals surface area (Å²) in [6.45, 7) is 3.87. The lowest BCUT2D eigenvalue weighted by Crippen LogP contribution is -2.24. The average Bonchev–Trinajstić information content (AvgIpc) is 2.70. The second kappa shape index (κ2) is 4.36. The summed E-state index contributed by atoms with van der Waals surface area (Å²) in [5.41, 5.74) is 1.30. The zero-order valence-electron chi connectivity index (χ0n) is 9.47. The molecule has 3 heteroatoms. The highest BCUT2D eigenvalue weighted by molar-refractivity contribution is 7.09. The molecule has 1 aromatic carbocycles. The maximum absolute atomic E-state index is 10.4. The highest BCUT2D eigenvalue weighted by Gasteiger charge is 2.24. The monoisotopic (exact) mass is 233 g/mol. The van der Waals surface area contributed by atoms with E-state index in [1.807, 2.05) is 43.5 Å². The fraction of sp³-hybridized carbons (Fsp3) is 0.308. The Morgan fingerprint density at radius 2 is 2.00 bits per heavy atom. The predicted molar refractivity (Wildman–Crippen MR) is 66.6 cm³/mol. The van der Waals surface area contributed by atoms with Crippen LogP contribution < -0.4 is 0 Å². The summed E-state index contributed by atoms with van der Waals surface area (Å²) < 4.78 is 0. The molecule has 0 aliphatic heterocycles. The van der Waals surface area contributed by atoms with Crippen molar-refractivity contribution in [2.24, 2.45) is 0 Å². The van der Waals surface area contributed by atoms with Crippen LogP contribution in [0.5, 0.6) is 0 Å². The molecule has 1 unspecified atom stereocenters. The third-order valence-electron chi connectivity index (χ3n) is 2.65. The van der Waals surface area contributed by atoms with Gasteiger partial charge in [-0.15, -0.1) is 11.3 Å². The van der Waals surface area contributed by atoms with Crippen LogP contribution in [-0.4, -0.2) is 10.1 Å². The van der Waals surface area contributed by atoms with Gasteiger partial charge in [0, 0.05) is 18.0 Å². The Morgan fingerprint density at radius 3 is 2.56 bits per heavy atom. The number of hydrogen-bond acceptors (Lipinski definition) is 3. The van der Waals surface area contributed by atoms with Gasteiger partial charge in [0.15, 0.2) is 0 Å². The number of benzene rings is 1. The third-order valence-corrected chi connectivity index (χ3v) is 3.43. The number of thiazole rings is 1. The molecule has 2 aromatic rings. The zero-order chi connectivity index (χ0) is 11.6. The highest BCUT2D eigenvalue weighted by atomic mass is 32.1. The van der Waals surface area contributed by atoms with Crippen LogP contribution >= 0.6 is 11.3 Å². The average molecular weight is 233 g/mol. The summed E-state index contributed by atoms with van der Waals surface area (Å²) in [7, 11) is 0. The summed E-state index contributed by atoms with van der Waals surface area (Å²) in [5, 5.41) is 13.3. The molecular formula is C13H15NOS. The lowest BCUT2D eigenvalue weighted by molar-refractivity contribution is 0.0575. The Kier molecular flexibility index (Phi) is 3.08. The van der Waals surface area contributed by atoms with Crippen molar-refractivity contribution in [3.05, 3.63) is 52.0 Å². The number of aromatic nitrogens is 1. The Labute approximate surface area is 99.6 Å². The van der Waals surface area contributed by atoms with Crippen LogP contribution in [0.25, 0.3) is 0 Å². The van der Waals surface area contributed by atoms with Gasteiger partial charge in [0.25, 0.3) is 0 Å². The molecular weight excluding hydrogens is 218 g/mol. The molecule has 0 spiro atoms. The van der Waals surface area contributed by atoms with Crippen molar-refractivity contribution in [2.45, 2.75) is 25.9 Å². The van der Waals surface area contributed by atoms with Crippen LogP contribution in [0.1, 0.15) is 23.1 Å². The zero-order valence-corrected chi connectivity index (χ0v) is 10.3. The summed E-state index contributed by atoms with van der Waals surface area (Å²) in [5.74, 6) is 0. The first kappa shape index (κ1) is 11.3. The van der Waals surface area contributed by atoms with Crippen molar-refractivity contribution in [1.29, 1.82) is 0 Å². The quantitative estimate of drug-likeness (QED) is 0.884. The number of nitrogens with zero attached hydrogens (tertiary/aromatic N) is 1. The molecule has 0 aliphatic carbocycles. The highest BCUT2D eigenvalue weighted by Crippen LogP contribution is 2.26. The van der Waals surface area contributed by atoms with E-state index in [4.69, 9.17) is 0 Å². The molecule has 0 radical (unpaired) electrons. The van der Waals surface area contributed by atoms with E-state index in [0.717, 1.165) is 10.6 Å². The van der Waals surface area contributed by atoms with Crippen LogP contribution in [0, 0.1) is 6.92 Å². The van der Waals surface area contributed by atoms with Gasteiger partial charge in [0.2, 0.25) is 0 Å². The van der Waals surface area contributed by atoms with Crippen molar-refractivity contribution >= 4 is 11.3 Å². The SMILES string of the molecule is Cc1ccc(C(C)(O)Cc2nccs2)cc1. The largest absolute Gasteiger partial charge is 0.385 e. The second-order valence-corrected chi connectivity index (χ2v) is 5.22. The van der Waals surface area contributed by atoms with Gasteiger partial charge in [-0.2, -0.15) is 0 Å². The number of hydrogen-bond donors (Lipinski definition) is 1. The standard InChI is InChI=1S/C13H15NOS/c1-10-3-5-11(6-4-10)13(2,15)9-12-14-7-8-16-12/h3-8,15H,9H2,1-2H3. The van der Waals surface area contributed by atoms with Gasteiger partial charge in [0.05, 0.1) is 10.6 Å². The van der Waals surface area contributed by atoms with Crippen LogP contribution in [0.2, 0.25) is 0 Å². The van der Waals surface area contributed by atoms with E-state index in [0.29, 0.717) is 6.42 Å². The van der Waals surface area contributed by atoms with E-state index < -0.39 is 5.60 Å². The third kappa shape index (κ3) is 2.49. The van der Waals surface area contributed by atoms with Gasteiger partial charge in [-0.25, -0.2) is 4.98 Å². The Hall–Kier alpha value is -1.19. The molecule has 2 nitrogen and oxygen atoms in total. The second-order valence-electron chi connectivity index (χ2n) is 4.24. The van der Waals surface area contributed by atoms with Crippen LogP contribution in [-0.2, 0) is 12.0 Å². The van der Waals surface area contributed by atoms with E-state index in [2.05, 4.69) is 4.98 Å². The Bertz CT molecular complexity index is 445. The fourth-order valence-corrected chi connectivity index (χ4v) is 2.41. The first-order chi connectivity index (χ1) is 7.58. The molecule has 1 atom stereocenters. The minimum absolute atomic E-state index is 0.563. The van der Waals surface area contributed by atoms with Gasteiger partial charge in [0.1, 0.15) is 0 Å². The van der Waals surface area contributed by atoms with Crippen LogP contribution in [0.3, 0.4) is 0 Å². The smallest absolute Gasteiger partial charge is 0.0956 e. The van der Waals surface area contributed by atoms with E-state index in [1.54, 1.807) is 17.5 Å². The van der Waals surface area contributed by atoms with Gasteiger partial charge in [-0.05, 0) is 19.4 Å².